The van der Waals surface area contributed by atoms with E-state index in [0.717, 1.165) is 32.4 Å². The minimum Gasteiger partial charge on any atom is -0.337 e. The lowest BCUT2D eigenvalue weighted by Gasteiger charge is -2.37. The van der Waals surface area contributed by atoms with Crippen molar-refractivity contribution in [1.82, 2.24) is 10.2 Å². The smallest absolute Gasteiger partial charge is 0.226 e. The molecule has 2 heterocycles. The van der Waals surface area contributed by atoms with Crippen molar-refractivity contribution >= 4 is 5.91 Å². The standard InChI is InChI=1S/C14H26N2O/c1-10-8-14(3,4)16(9-10)13(17)12-5-6-15-11(2)7-12/h10-12,15H,5-9H2,1-4H3/t10?,11-,12-/m0/s1. The van der Waals surface area contributed by atoms with Gasteiger partial charge in [-0.05, 0) is 52.5 Å². The van der Waals surface area contributed by atoms with E-state index in [4.69, 9.17) is 0 Å². The molecule has 2 aliphatic heterocycles. The number of nitrogens with zero attached hydrogens (tertiary/aromatic N) is 1. The number of hydrogen-bond donors (Lipinski definition) is 1. The fourth-order valence-electron chi connectivity index (χ4n) is 3.55. The van der Waals surface area contributed by atoms with Crippen LogP contribution in [0.25, 0.3) is 0 Å². The number of hydrogen-bond acceptors (Lipinski definition) is 2. The Bertz CT molecular complexity index is 301. The first kappa shape index (κ1) is 12.9. The lowest BCUT2D eigenvalue weighted by atomic mass is 9.90. The van der Waals surface area contributed by atoms with Crippen LogP contribution in [0.3, 0.4) is 0 Å². The number of likely N-dealkylation sites (tertiary alicyclic amines) is 1. The second-order valence-corrected chi connectivity index (χ2v) is 6.65. The highest BCUT2D eigenvalue weighted by Gasteiger charge is 2.41. The number of carbonyl (C=O) groups is 1. The second-order valence-electron chi connectivity index (χ2n) is 6.65. The summed E-state index contributed by atoms with van der Waals surface area (Å²) >= 11 is 0. The van der Waals surface area contributed by atoms with E-state index in [1.807, 2.05) is 0 Å². The Labute approximate surface area is 105 Å². The maximum atomic E-state index is 12.6. The van der Waals surface area contributed by atoms with Crippen LogP contribution in [0.1, 0.15) is 47.0 Å². The lowest BCUT2D eigenvalue weighted by Crippen LogP contribution is -2.49. The first-order valence-electron chi connectivity index (χ1n) is 6.95. The van der Waals surface area contributed by atoms with E-state index in [1.54, 1.807) is 0 Å². The van der Waals surface area contributed by atoms with Gasteiger partial charge in [0, 0.05) is 24.0 Å². The number of carbonyl (C=O) groups excluding carboxylic acids is 1. The van der Waals surface area contributed by atoms with E-state index in [-0.39, 0.29) is 11.5 Å². The maximum absolute atomic E-state index is 12.6. The first-order chi connectivity index (χ1) is 7.90. The van der Waals surface area contributed by atoms with Gasteiger partial charge in [-0.1, -0.05) is 6.92 Å². The van der Waals surface area contributed by atoms with Crippen LogP contribution in [0.5, 0.6) is 0 Å². The fraction of sp³-hybridized carbons (Fsp3) is 0.929. The van der Waals surface area contributed by atoms with Crippen molar-refractivity contribution in [3.63, 3.8) is 0 Å². The van der Waals surface area contributed by atoms with Crippen molar-refractivity contribution in [2.75, 3.05) is 13.1 Å². The number of rotatable bonds is 1. The van der Waals surface area contributed by atoms with Crippen molar-refractivity contribution in [2.45, 2.75) is 58.5 Å². The molecule has 1 N–H and O–H groups in total. The average molecular weight is 238 g/mol. The third kappa shape index (κ3) is 2.65. The third-order valence-corrected chi connectivity index (χ3v) is 4.31. The van der Waals surface area contributed by atoms with Crippen molar-refractivity contribution in [3.05, 3.63) is 0 Å². The summed E-state index contributed by atoms with van der Waals surface area (Å²) in [5.41, 5.74) is 0.0601. The van der Waals surface area contributed by atoms with Gasteiger partial charge in [0.25, 0.3) is 0 Å². The highest BCUT2D eigenvalue weighted by Crippen LogP contribution is 2.34. The molecule has 3 nitrogen and oxygen atoms in total. The molecular formula is C14H26N2O. The summed E-state index contributed by atoms with van der Waals surface area (Å²) < 4.78 is 0. The number of amides is 1. The summed E-state index contributed by atoms with van der Waals surface area (Å²) in [6.45, 7) is 10.8. The van der Waals surface area contributed by atoms with Crippen LogP contribution in [-0.2, 0) is 4.79 Å². The van der Waals surface area contributed by atoms with Gasteiger partial charge in [0.05, 0.1) is 0 Å². The van der Waals surface area contributed by atoms with Crippen LogP contribution >= 0.6 is 0 Å². The number of piperidine rings is 1. The van der Waals surface area contributed by atoms with Crippen LogP contribution in [0, 0.1) is 11.8 Å². The van der Waals surface area contributed by atoms with Gasteiger partial charge in [-0.15, -0.1) is 0 Å². The molecule has 2 fully saturated rings. The summed E-state index contributed by atoms with van der Waals surface area (Å²) in [7, 11) is 0. The van der Waals surface area contributed by atoms with Gasteiger partial charge in [-0.2, -0.15) is 0 Å². The summed E-state index contributed by atoms with van der Waals surface area (Å²) in [5, 5.41) is 3.42. The molecule has 2 rings (SSSR count). The predicted molar refractivity (Wildman–Crippen MR) is 69.8 cm³/mol. The van der Waals surface area contributed by atoms with E-state index >= 15 is 0 Å². The zero-order valence-corrected chi connectivity index (χ0v) is 11.6. The topological polar surface area (TPSA) is 32.3 Å². The highest BCUT2D eigenvalue weighted by molar-refractivity contribution is 5.80. The largest absolute Gasteiger partial charge is 0.337 e. The van der Waals surface area contributed by atoms with E-state index in [0.29, 0.717) is 17.9 Å². The molecule has 0 spiro atoms. The van der Waals surface area contributed by atoms with Crippen LogP contribution in [0.4, 0.5) is 0 Å². The molecule has 1 unspecified atom stereocenters. The van der Waals surface area contributed by atoms with Crippen LogP contribution < -0.4 is 5.32 Å². The highest BCUT2D eigenvalue weighted by atomic mass is 16.2. The summed E-state index contributed by atoms with van der Waals surface area (Å²) in [5.74, 6) is 1.29. The predicted octanol–water partition coefficient (Wildman–Crippen LogP) is 2.02. The van der Waals surface area contributed by atoms with Crippen LogP contribution in [-0.4, -0.2) is 35.5 Å². The molecule has 0 bridgehead atoms. The second kappa shape index (κ2) is 4.60. The van der Waals surface area contributed by atoms with Gasteiger partial charge in [-0.25, -0.2) is 0 Å². The molecule has 3 atom stereocenters. The normalized spacial score (nSPS) is 37.2. The zero-order valence-electron chi connectivity index (χ0n) is 11.6. The van der Waals surface area contributed by atoms with E-state index in [1.165, 1.54) is 0 Å². The lowest BCUT2D eigenvalue weighted by molar-refractivity contribution is -0.140. The Hall–Kier alpha value is -0.570. The summed E-state index contributed by atoms with van der Waals surface area (Å²) in [6.07, 6.45) is 3.14. The zero-order chi connectivity index (χ0) is 12.6. The molecule has 0 aliphatic carbocycles. The number of nitrogens with one attached hydrogen (secondary N) is 1. The van der Waals surface area contributed by atoms with Crippen molar-refractivity contribution in [3.8, 4) is 0 Å². The Balaban J connectivity index is 2.04. The van der Waals surface area contributed by atoms with Gasteiger partial charge < -0.3 is 10.2 Å². The Morgan fingerprint density at radius 3 is 2.59 bits per heavy atom. The van der Waals surface area contributed by atoms with E-state index in [2.05, 4.69) is 37.9 Å². The van der Waals surface area contributed by atoms with Gasteiger partial charge >= 0.3 is 0 Å². The molecule has 17 heavy (non-hydrogen) atoms. The average Bonchev–Trinajstić information content (AvgIpc) is 2.51. The molecule has 0 saturated carbocycles. The molecular weight excluding hydrogens is 212 g/mol. The summed E-state index contributed by atoms with van der Waals surface area (Å²) in [6, 6.07) is 0.487. The molecule has 0 aromatic heterocycles. The minimum absolute atomic E-state index is 0.0601. The quantitative estimate of drug-likeness (QED) is 0.758. The van der Waals surface area contributed by atoms with Crippen LogP contribution in [0.15, 0.2) is 0 Å². The molecule has 0 radical (unpaired) electrons. The van der Waals surface area contributed by atoms with Crippen molar-refractivity contribution < 1.29 is 4.79 Å². The molecule has 98 valence electrons. The SMILES string of the molecule is CC1CN(C(=O)[C@H]2CCN[C@@H](C)C2)C(C)(C)C1. The molecule has 1 amide bonds. The van der Waals surface area contributed by atoms with E-state index < -0.39 is 0 Å². The monoisotopic (exact) mass is 238 g/mol. The molecule has 0 aromatic carbocycles. The molecule has 3 heteroatoms. The van der Waals surface area contributed by atoms with Crippen molar-refractivity contribution in [2.24, 2.45) is 11.8 Å². The molecule has 2 aliphatic rings. The first-order valence-corrected chi connectivity index (χ1v) is 6.95. The summed E-state index contributed by atoms with van der Waals surface area (Å²) in [4.78, 5) is 14.7. The maximum Gasteiger partial charge on any atom is 0.226 e. The Morgan fingerprint density at radius 2 is 2.06 bits per heavy atom. The van der Waals surface area contributed by atoms with Crippen molar-refractivity contribution in [1.29, 1.82) is 0 Å². The molecule has 2 saturated heterocycles. The Morgan fingerprint density at radius 1 is 1.35 bits per heavy atom. The molecule has 0 aromatic rings. The van der Waals surface area contributed by atoms with Gasteiger partial charge in [0.1, 0.15) is 0 Å². The van der Waals surface area contributed by atoms with Gasteiger partial charge in [0.2, 0.25) is 5.91 Å². The third-order valence-electron chi connectivity index (χ3n) is 4.31. The fourth-order valence-corrected chi connectivity index (χ4v) is 3.55. The van der Waals surface area contributed by atoms with E-state index in [9.17, 15) is 4.79 Å². The minimum atomic E-state index is 0.0601. The van der Waals surface area contributed by atoms with Gasteiger partial charge in [-0.3, -0.25) is 4.79 Å². The van der Waals surface area contributed by atoms with Gasteiger partial charge in [0.15, 0.2) is 0 Å². The van der Waals surface area contributed by atoms with Crippen LogP contribution in [0.2, 0.25) is 0 Å². The Kier molecular flexibility index (Phi) is 3.48.